The summed E-state index contributed by atoms with van der Waals surface area (Å²) in [6.07, 6.45) is 6.28. The maximum atomic E-state index is 5.63. The van der Waals surface area contributed by atoms with Crippen molar-refractivity contribution in [2.45, 2.75) is 57.8 Å². The van der Waals surface area contributed by atoms with Gasteiger partial charge in [-0.15, -0.1) is 0 Å². The van der Waals surface area contributed by atoms with Crippen LogP contribution in [0.15, 0.2) is 6.07 Å². The summed E-state index contributed by atoms with van der Waals surface area (Å²) in [5.74, 6) is 1.59. The molecule has 0 bridgehead atoms. The zero-order valence-electron chi connectivity index (χ0n) is 12.7. The number of aryl methyl sites for hydroxylation is 1. The van der Waals surface area contributed by atoms with Gasteiger partial charge < -0.3 is 14.8 Å². The van der Waals surface area contributed by atoms with Crippen LogP contribution in [0.3, 0.4) is 0 Å². The van der Waals surface area contributed by atoms with Gasteiger partial charge in [-0.25, -0.2) is 9.97 Å². The Morgan fingerprint density at radius 2 is 2.00 bits per heavy atom. The Balaban J connectivity index is 2.10. The van der Waals surface area contributed by atoms with Gasteiger partial charge in [0.05, 0.1) is 12.1 Å². The van der Waals surface area contributed by atoms with Crippen molar-refractivity contribution in [3.05, 3.63) is 17.6 Å². The van der Waals surface area contributed by atoms with Crippen molar-refractivity contribution in [2.24, 2.45) is 0 Å². The van der Waals surface area contributed by atoms with Crippen molar-refractivity contribution in [2.75, 3.05) is 19.5 Å². The van der Waals surface area contributed by atoms with Gasteiger partial charge in [0, 0.05) is 26.0 Å². The van der Waals surface area contributed by atoms with Crippen molar-refractivity contribution in [3.63, 3.8) is 0 Å². The Hall–Kier alpha value is -1.20. The molecule has 1 fully saturated rings. The fourth-order valence-electron chi connectivity index (χ4n) is 2.81. The number of ether oxygens (including phenoxy) is 2. The first-order valence-corrected chi connectivity index (χ1v) is 7.35. The number of anilines is 1. The third-order valence-electron chi connectivity index (χ3n) is 3.76. The molecule has 5 heteroatoms. The third-order valence-corrected chi connectivity index (χ3v) is 3.76. The first kappa shape index (κ1) is 15.2. The van der Waals surface area contributed by atoms with Crippen LogP contribution in [0, 0.1) is 6.92 Å². The fraction of sp³-hybridized carbons (Fsp3) is 0.733. The summed E-state index contributed by atoms with van der Waals surface area (Å²) < 4.78 is 10.7. The molecule has 0 unspecified atom stereocenters. The van der Waals surface area contributed by atoms with E-state index in [4.69, 9.17) is 9.47 Å². The van der Waals surface area contributed by atoms with Crippen molar-refractivity contribution < 1.29 is 9.47 Å². The molecule has 1 aliphatic carbocycles. The number of nitrogens with zero attached hydrogens (tertiary/aromatic N) is 2. The molecule has 0 aliphatic heterocycles. The summed E-state index contributed by atoms with van der Waals surface area (Å²) in [5, 5.41) is 3.53. The second kappa shape index (κ2) is 7.55. The lowest BCUT2D eigenvalue weighted by atomic mass is 10.1. The van der Waals surface area contributed by atoms with Gasteiger partial charge >= 0.3 is 0 Å². The molecule has 0 saturated heterocycles. The van der Waals surface area contributed by atoms with E-state index in [0.29, 0.717) is 12.6 Å². The van der Waals surface area contributed by atoms with Crippen molar-refractivity contribution in [3.8, 4) is 0 Å². The van der Waals surface area contributed by atoms with Gasteiger partial charge in [-0.1, -0.05) is 19.3 Å². The summed E-state index contributed by atoms with van der Waals surface area (Å²) >= 11 is 0. The van der Waals surface area contributed by atoms with Gasteiger partial charge in [0.1, 0.15) is 12.4 Å². The van der Waals surface area contributed by atoms with Crippen LogP contribution in [0.5, 0.6) is 0 Å². The lowest BCUT2D eigenvalue weighted by Crippen LogP contribution is -2.34. The summed E-state index contributed by atoms with van der Waals surface area (Å²) in [6, 6.07) is 2.31. The van der Waals surface area contributed by atoms with Crippen molar-refractivity contribution in [1.82, 2.24) is 9.97 Å². The van der Waals surface area contributed by atoms with E-state index in [0.717, 1.165) is 30.2 Å². The van der Waals surface area contributed by atoms with Crippen molar-refractivity contribution >= 4 is 5.82 Å². The first-order valence-electron chi connectivity index (χ1n) is 7.35. The molecule has 5 nitrogen and oxygen atoms in total. The van der Waals surface area contributed by atoms with Crippen LogP contribution >= 0.6 is 0 Å². The standard InChI is InChI=1S/C15H25N3O2/c1-11-9-14(18-15(16-11)10-19-2)17-12-7-5-4-6-8-13(12)20-3/h9,12-13H,4-8,10H2,1-3H3,(H,16,17,18)/t12-,13+/m1/s1. The smallest absolute Gasteiger partial charge is 0.156 e. The van der Waals surface area contributed by atoms with E-state index in [9.17, 15) is 0 Å². The quantitative estimate of drug-likeness (QED) is 0.840. The molecule has 1 aromatic rings. The molecule has 0 spiro atoms. The van der Waals surface area contributed by atoms with Crippen LogP contribution in [-0.4, -0.2) is 36.3 Å². The third kappa shape index (κ3) is 4.15. The maximum Gasteiger partial charge on any atom is 0.156 e. The van der Waals surface area contributed by atoms with Gasteiger partial charge in [-0.05, 0) is 19.8 Å². The Morgan fingerprint density at radius 3 is 2.75 bits per heavy atom. The van der Waals surface area contributed by atoms with Crippen LogP contribution in [0.2, 0.25) is 0 Å². The highest BCUT2D eigenvalue weighted by Gasteiger charge is 2.23. The molecule has 1 N–H and O–H groups in total. The minimum atomic E-state index is 0.263. The summed E-state index contributed by atoms with van der Waals surface area (Å²) in [6.45, 7) is 2.42. The lowest BCUT2D eigenvalue weighted by molar-refractivity contribution is 0.0805. The molecule has 0 aromatic carbocycles. The Labute approximate surface area is 121 Å². The highest BCUT2D eigenvalue weighted by Crippen LogP contribution is 2.23. The first-order chi connectivity index (χ1) is 9.72. The Morgan fingerprint density at radius 1 is 1.20 bits per heavy atom. The van der Waals surface area contributed by atoms with Crippen LogP contribution < -0.4 is 5.32 Å². The second-order valence-corrected chi connectivity index (χ2v) is 5.41. The number of hydrogen-bond acceptors (Lipinski definition) is 5. The highest BCUT2D eigenvalue weighted by atomic mass is 16.5. The van der Waals surface area contributed by atoms with Gasteiger partial charge in [-0.3, -0.25) is 0 Å². The topological polar surface area (TPSA) is 56.3 Å². The number of nitrogens with one attached hydrogen (secondary N) is 1. The van der Waals surface area contributed by atoms with E-state index in [-0.39, 0.29) is 6.10 Å². The minimum absolute atomic E-state index is 0.263. The SMILES string of the molecule is COCc1nc(C)cc(N[C@@H]2CCCCC[C@@H]2OC)n1. The maximum absolute atomic E-state index is 5.63. The molecule has 112 valence electrons. The van der Waals surface area contributed by atoms with Crippen LogP contribution in [0.25, 0.3) is 0 Å². The number of rotatable bonds is 5. The minimum Gasteiger partial charge on any atom is -0.379 e. The predicted octanol–water partition coefficient (Wildman–Crippen LogP) is 2.69. The second-order valence-electron chi connectivity index (χ2n) is 5.41. The summed E-state index contributed by atoms with van der Waals surface area (Å²) in [5.41, 5.74) is 0.956. The molecule has 0 amide bonds. The number of aromatic nitrogens is 2. The van der Waals surface area contributed by atoms with Crippen molar-refractivity contribution in [1.29, 1.82) is 0 Å². The number of methoxy groups -OCH3 is 2. The normalized spacial score (nSPS) is 23.4. The molecule has 1 aliphatic rings. The predicted molar refractivity (Wildman–Crippen MR) is 78.8 cm³/mol. The van der Waals surface area contributed by atoms with Crippen LogP contribution in [0.4, 0.5) is 5.82 Å². The molecule has 0 radical (unpaired) electrons. The summed E-state index contributed by atoms with van der Waals surface area (Å²) in [7, 11) is 3.46. The average Bonchev–Trinajstić information content (AvgIpc) is 2.63. The fourth-order valence-corrected chi connectivity index (χ4v) is 2.81. The zero-order chi connectivity index (χ0) is 14.4. The molecule has 1 heterocycles. The van der Waals surface area contributed by atoms with Gasteiger partial charge in [-0.2, -0.15) is 0 Å². The van der Waals surface area contributed by atoms with Gasteiger partial charge in [0.15, 0.2) is 5.82 Å². The Bertz CT molecular complexity index is 426. The summed E-state index contributed by atoms with van der Waals surface area (Å²) in [4.78, 5) is 8.88. The van der Waals surface area contributed by atoms with Crippen LogP contribution in [0.1, 0.15) is 43.6 Å². The monoisotopic (exact) mass is 279 g/mol. The average molecular weight is 279 g/mol. The van der Waals surface area contributed by atoms with E-state index in [1.165, 1.54) is 19.3 Å². The molecule has 2 atom stereocenters. The largest absolute Gasteiger partial charge is 0.379 e. The van der Waals surface area contributed by atoms with Gasteiger partial charge in [0.25, 0.3) is 0 Å². The highest BCUT2D eigenvalue weighted by molar-refractivity contribution is 5.37. The Kier molecular flexibility index (Phi) is 5.73. The number of hydrogen-bond donors (Lipinski definition) is 1. The van der Waals surface area contributed by atoms with E-state index in [2.05, 4.69) is 15.3 Å². The van der Waals surface area contributed by atoms with E-state index in [1.54, 1.807) is 14.2 Å². The van der Waals surface area contributed by atoms with E-state index >= 15 is 0 Å². The van der Waals surface area contributed by atoms with E-state index < -0.39 is 0 Å². The lowest BCUT2D eigenvalue weighted by Gasteiger charge is -2.25. The van der Waals surface area contributed by atoms with E-state index in [1.807, 2.05) is 13.0 Å². The molecule has 20 heavy (non-hydrogen) atoms. The molecule has 1 saturated carbocycles. The zero-order valence-corrected chi connectivity index (χ0v) is 12.7. The molecular weight excluding hydrogens is 254 g/mol. The molecule has 2 rings (SSSR count). The molecule has 1 aromatic heterocycles. The van der Waals surface area contributed by atoms with Crippen LogP contribution in [-0.2, 0) is 16.1 Å². The van der Waals surface area contributed by atoms with Gasteiger partial charge in [0.2, 0.25) is 0 Å². The molecular formula is C15H25N3O2.